The summed E-state index contributed by atoms with van der Waals surface area (Å²) in [5.74, 6) is -0.158. The Morgan fingerprint density at radius 1 is 1.23 bits per heavy atom. The maximum atomic E-state index is 13.0. The van der Waals surface area contributed by atoms with E-state index in [1.807, 2.05) is 50.4 Å². The lowest BCUT2D eigenvalue weighted by atomic mass is 10.1. The van der Waals surface area contributed by atoms with Gasteiger partial charge in [0.05, 0.1) is 11.7 Å². The van der Waals surface area contributed by atoms with Gasteiger partial charge in [-0.15, -0.1) is 11.3 Å². The van der Waals surface area contributed by atoms with Crippen LogP contribution in [0.1, 0.15) is 32.3 Å². The number of carbonyl (C=O) groups is 1. The van der Waals surface area contributed by atoms with Crippen LogP contribution in [0.5, 0.6) is 0 Å². The fourth-order valence-electron chi connectivity index (χ4n) is 2.95. The molecule has 0 aliphatic heterocycles. The van der Waals surface area contributed by atoms with E-state index in [-0.39, 0.29) is 24.1 Å². The molecule has 0 spiro atoms. The van der Waals surface area contributed by atoms with Crippen molar-refractivity contribution in [2.24, 2.45) is 0 Å². The molecule has 1 N–H and O–H groups in total. The Balaban J connectivity index is 1.95. The molecule has 1 amide bonds. The Bertz CT molecular complexity index is 969. The Morgan fingerprint density at radius 3 is 2.58 bits per heavy atom. The number of amides is 1. The molecular formula is C20H23N3O2S. The molecule has 0 atom stereocenters. The van der Waals surface area contributed by atoms with E-state index in [1.165, 1.54) is 27.8 Å². The largest absolute Gasteiger partial charge is 0.352 e. The quantitative estimate of drug-likeness (QED) is 0.720. The number of hydrogen-bond acceptors (Lipinski definition) is 4. The lowest BCUT2D eigenvalue weighted by Gasteiger charge is -2.15. The van der Waals surface area contributed by atoms with Crippen LogP contribution in [0.3, 0.4) is 0 Å². The summed E-state index contributed by atoms with van der Waals surface area (Å²) >= 11 is 1.45. The van der Waals surface area contributed by atoms with Crippen molar-refractivity contribution in [2.75, 3.05) is 0 Å². The monoisotopic (exact) mass is 369 g/mol. The zero-order valence-corrected chi connectivity index (χ0v) is 16.1. The van der Waals surface area contributed by atoms with Crippen LogP contribution < -0.4 is 10.9 Å². The van der Waals surface area contributed by atoms with Crippen LogP contribution in [-0.4, -0.2) is 21.5 Å². The maximum absolute atomic E-state index is 13.0. The van der Waals surface area contributed by atoms with Gasteiger partial charge in [-0.25, -0.2) is 4.98 Å². The summed E-state index contributed by atoms with van der Waals surface area (Å²) < 4.78 is 1.39. The molecule has 0 radical (unpaired) electrons. The van der Waals surface area contributed by atoms with Crippen molar-refractivity contribution in [3.63, 3.8) is 0 Å². The third kappa shape index (κ3) is 3.70. The number of nitrogens with zero attached hydrogens (tertiary/aromatic N) is 2. The number of carbonyl (C=O) groups excluding carboxylic acids is 1. The van der Waals surface area contributed by atoms with Gasteiger partial charge in [-0.2, -0.15) is 0 Å². The molecule has 0 bridgehead atoms. The second-order valence-electron chi connectivity index (χ2n) is 6.45. The smallest absolute Gasteiger partial charge is 0.263 e. The van der Waals surface area contributed by atoms with Crippen molar-refractivity contribution < 1.29 is 4.79 Å². The standard InChI is InChI=1S/C20H23N3O2S/c1-4-15(5-2)22-17(24)10-23-12-21-19-18(20(23)25)16(11-26-19)14-8-6-13(3)7-9-14/h6-9,11-12,15H,4-5,10H2,1-3H3,(H,22,24). The summed E-state index contributed by atoms with van der Waals surface area (Å²) in [4.78, 5) is 30.3. The number of aryl methyl sites for hydroxylation is 1. The summed E-state index contributed by atoms with van der Waals surface area (Å²) in [5.41, 5.74) is 2.85. The van der Waals surface area contributed by atoms with E-state index in [4.69, 9.17) is 0 Å². The molecule has 0 saturated carbocycles. The van der Waals surface area contributed by atoms with Crippen molar-refractivity contribution >= 4 is 27.5 Å². The molecule has 3 aromatic rings. The molecule has 6 heteroatoms. The van der Waals surface area contributed by atoms with Gasteiger partial charge in [0.25, 0.3) is 5.56 Å². The van der Waals surface area contributed by atoms with Crippen LogP contribution >= 0.6 is 11.3 Å². The minimum absolute atomic E-state index is 0.0124. The highest BCUT2D eigenvalue weighted by atomic mass is 32.1. The van der Waals surface area contributed by atoms with Gasteiger partial charge in [0, 0.05) is 17.0 Å². The van der Waals surface area contributed by atoms with Crippen molar-refractivity contribution in [2.45, 2.75) is 46.2 Å². The minimum Gasteiger partial charge on any atom is -0.352 e. The van der Waals surface area contributed by atoms with E-state index >= 15 is 0 Å². The van der Waals surface area contributed by atoms with Gasteiger partial charge in [-0.05, 0) is 25.3 Å². The highest BCUT2D eigenvalue weighted by Gasteiger charge is 2.15. The van der Waals surface area contributed by atoms with Gasteiger partial charge < -0.3 is 5.32 Å². The first kappa shape index (κ1) is 18.3. The zero-order chi connectivity index (χ0) is 18.7. The topological polar surface area (TPSA) is 64.0 Å². The molecule has 2 aromatic heterocycles. The number of rotatable bonds is 6. The minimum atomic E-state index is -0.175. The number of benzene rings is 1. The highest BCUT2D eigenvalue weighted by molar-refractivity contribution is 7.17. The van der Waals surface area contributed by atoms with Gasteiger partial charge in [-0.1, -0.05) is 43.7 Å². The fourth-order valence-corrected chi connectivity index (χ4v) is 3.85. The molecule has 5 nitrogen and oxygen atoms in total. The second-order valence-corrected chi connectivity index (χ2v) is 7.31. The lowest BCUT2D eigenvalue weighted by molar-refractivity contribution is -0.122. The van der Waals surface area contributed by atoms with Crippen molar-refractivity contribution in [3.05, 3.63) is 51.9 Å². The number of aromatic nitrogens is 2. The molecular weight excluding hydrogens is 346 g/mol. The normalized spacial score (nSPS) is 11.2. The fraction of sp³-hybridized carbons (Fsp3) is 0.350. The van der Waals surface area contributed by atoms with E-state index in [2.05, 4.69) is 10.3 Å². The van der Waals surface area contributed by atoms with Crippen molar-refractivity contribution in [3.8, 4) is 11.1 Å². The van der Waals surface area contributed by atoms with Crippen LogP contribution in [0, 0.1) is 6.92 Å². The van der Waals surface area contributed by atoms with E-state index in [9.17, 15) is 9.59 Å². The number of fused-ring (bicyclic) bond motifs is 1. The van der Waals surface area contributed by atoms with Gasteiger partial charge >= 0.3 is 0 Å². The van der Waals surface area contributed by atoms with Crippen LogP contribution in [-0.2, 0) is 11.3 Å². The third-order valence-corrected chi connectivity index (χ3v) is 5.47. The Kier molecular flexibility index (Phi) is 5.52. The van der Waals surface area contributed by atoms with Crippen LogP contribution in [0.4, 0.5) is 0 Å². The summed E-state index contributed by atoms with van der Waals surface area (Å²) in [5, 5.41) is 5.50. The number of hydrogen-bond donors (Lipinski definition) is 1. The molecule has 1 aromatic carbocycles. The zero-order valence-electron chi connectivity index (χ0n) is 15.3. The van der Waals surface area contributed by atoms with E-state index in [0.29, 0.717) is 10.2 Å². The number of thiophene rings is 1. The molecule has 136 valence electrons. The summed E-state index contributed by atoms with van der Waals surface area (Å²) in [6.07, 6.45) is 3.21. The van der Waals surface area contributed by atoms with Crippen LogP contribution in [0.15, 0.2) is 40.8 Å². The average molecular weight is 369 g/mol. The van der Waals surface area contributed by atoms with Gasteiger partial charge in [0.1, 0.15) is 11.4 Å². The SMILES string of the molecule is CCC(CC)NC(=O)Cn1cnc2scc(-c3ccc(C)cc3)c2c1=O. The first-order valence-electron chi connectivity index (χ1n) is 8.86. The Labute approximate surface area is 156 Å². The van der Waals surface area contributed by atoms with E-state index < -0.39 is 0 Å². The molecule has 0 fully saturated rings. The first-order valence-corrected chi connectivity index (χ1v) is 9.74. The highest BCUT2D eigenvalue weighted by Crippen LogP contribution is 2.30. The molecule has 2 heterocycles. The molecule has 0 aliphatic carbocycles. The van der Waals surface area contributed by atoms with E-state index in [1.54, 1.807) is 0 Å². The van der Waals surface area contributed by atoms with E-state index in [0.717, 1.165) is 24.0 Å². The summed E-state index contributed by atoms with van der Waals surface area (Å²) in [6.45, 7) is 6.09. The molecule has 0 unspecified atom stereocenters. The molecule has 3 rings (SSSR count). The predicted octanol–water partition coefficient (Wildman–Crippen LogP) is 3.74. The first-order chi connectivity index (χ1) is 12.5. The Morgan fingerprint density at radius 2 is 1.92 bits per heavy atom. The van der Waals surface area contributed by atoms with Crippen LogP contribution in [0.2, 0.25) is 0 Å². The summed E-state index contributed by atoms with van der Waals surface area (Å²) in [6, 6.07) is 8.20. The molecule has 0 aliphatic rings. The maximum Gasteiger partial charge on any atom is 0.263 e. The molecule has 0 saturated heterocycles. The van der Waals surface area contributed by atoms with Crippen molar-refractivity contribution in [1.29, 1.82) is 0 Å². The number of nitrogens with one attached hydrogen (secondary N) is 1. The Hall–Kier alpha value is -2.47. The predicted molar refractivity (Wildman–Crippen MR) is 107 cm³/mol. The van der Waals surface area contributed by atoms with Gasteiger partial charge in [0.15, 0.2) is 0 Å². The second kappa shape index (κ2) is 7.83. The average Bonchev–Trinajstić information content (AvgIpc) is 3.07. The molecule has 26 heavy (non-hydrogen) atoms. The third-order valence-electron chi connectivity index (χ3n) is 4.59. The lowest BCUT2D eigenvalue weighted by Crippen LogP contribution is -2.38. The van der Waals surface area contributed by atoms with Crippen molar-refractivity contribution in [1.82, 2.24) is 14.9 Å². The van der Waals surface area contributed by atoms with Gasteiger partial charge in [-0.3, -0.25) is 14.2 Å². The summed E-state index contributed by atoms with van der Waals surface area (Å²) in [7, 11) is 0. The van der Waals surface area contributed by atoms with Gasteiger partial charge in [0.2, 0.25) is 5.91 Å². The van der Waals surface area contributed by atoms with Crippen LogP contribution in [0.25, 0.3) is 21.3 Å².